The van der Waals surface area contributed by atoms with Crippen LogP contribution in [0.15, 0.2) is 24.3 Å². The van der Waals surface area contributed by atoms with Gasteiger partial charge < -0.3 is 15.2 Å². The van der Waals surface area contributed by atoms with Crippen molar-refractivity contribution in [3.05, 3.63) is 29.8 Å². The van der Waals surface area contributed by atoms with Gasteiger partial charge in [0.05, 0.1) is 6.61 Å². The lowest BCUT2D eigenvalue weighted by molar-refractivity contribution is -0.142. The number of hydrogen-bond donors (Lipinski definition) is 2. The number of amides is 1. The Kier molecular flexibility index (Phi) is 5.76. The van der Waals surface area contributed by atoms with E-state index in [0.29, 0.717) is 17.9 Å². The fourth-order valence-corrected chi connectivity index (χ4v) is 1.81. The molecule has 21 heavy (non-hydrogen) atoms. The second-order valence-corrected chi connectivity index (χ2v) is 5.99. The van der Waals surface area contributed by atoms with Crippen molar-refractivity contribution in [1.29, 1.82) is 0 Å². The van der Waals surface area contributed by atoms with Crippen LogP contribution < -0.4 is 10.1 Å². The maximum absolute atomic E-state index is 12.2. The summed E-state index contributed by atoms with van der Waals surface area (Å²) in [5.74, 6) is -0.861. The van der Waals surface area contributed by atoms with E-state index in [-0.39, 0.29) is 0 Å². The summed E-state index contributed by atoms with van der Waals surface area (Å²) in [6.07, 6.45) is 0.877. The predicted octanol–water partition coefficient (Wildman–Crippen LogP) is 2.70. The van der Waals surface area contributed by atoms with E-state index in [1.807, 2.05) is 6.92 Å². The maximum atomic E-state index is 12.2. The van der Waals surface area contributed by atoms with Crippen LogP contribution in [0, 0.1) is 5.41 Å². The van der Waals surface area contributed by atoms with Crippen molar-refractivity contribution in [3.8, 4) is 5.75 Å². The molecule has 5 nitrogen and oxygen atoms in total. The molecule has 5 heteroatoms. The molecule has 116 valence electrons. The number of carbonyl (C=O) groups is 2. The lowest BCUT2D eigenvalue weighted by Gasteiger charge is -2.27. The number of carbonyl (C=O) groups excluding carboxylic acids is 1. The monoisotopic (exact) mass is 293 g/mol. The largest absolute Gasteiger partial charge is 0.494 e. The Hall–Kier alpha value is -2.04. The quantitative estimate of drug-likeness (QED) is 0.845. The van der Waals surface area contributed by atoms with E-state index in [1.165, 1.54) is 0 Å². The van der Waals surface area contributed by atoms with Crippen LogP contribution in [0.4, 0.5) is 0 Å². The van der Waals surface area contributed by atoms with Crippen LogP contribution in [0.1, 0.15) is 44.5 Å². The van der Waals surface area contributed by atoms with Crippen LogP contribution in [0.5, 0.6) is 5.75 Å². The summed E-state index contributed by atoms with van der Waals surface area (Å²) in [5.41, 5.74) is -0.184. The van der Waals surface area contributed by atoms with Crippen LogP contribution in [0.2, 0.25) is 0 Å². The SMILES string of the molecule is CCCOc1cccc(C(=O)NC(C(=O)O)C(C)(C)C)c1. The molecule has 1 rings (SSSR count). The number of carboxylic acid groups (broad SMARTS) is 1. The molecule has 1 aromatic rings. The van der Waals surface area contributed by atoms with Crippen LogP contribution in [0.25, 0.3) is 0 Å². The van der Waals surface area contributed by atoms with E-state index >= 15 is 0 Å². The highest BCUT2D eigenvalue weighted by Crippen LogP contribution is 2.20. The van der Waals surface area contributed by atoms with E-state index in [4.69, 9.17) is 4.74 Å². The smallest absolute Gasteiger partial charge is 0.326 e. The van der Waals surface area contributed by atoms with Gasteiger partial charge in [0.25, 0.3) is 5.91 Å². The number of carboxylic acids is 1. The van der Waals surface area contributed by atoms with Gasteiger partial charge in [-0.1, -0.05) is 33.8 Å². The summed E-state index contributed by atoms with van der Waals surface area (Å²) < 4.78 is 5.47. The first-order valence-electron chi connectivity index (χ1n) is 7.02. The average molecular weight is 293 g/mol. The van der Waals surface area contributed by atoms with Crippen LogP contribution in [-0.2, 0) is 4.79 Å². The van der Waals surface area contributed by atoms with Gasteiger partial charge in [0, 0.05) is 5.56 Å². The van der Waals surface area contributed by atoms with Crippen LogP contribution in [0.3, 0.4) is 0 Å². The molecule has 0 saturated carbocycles. The molecule has 0 radical (unpaired) electrons. The van der Waals surface area contributed by atoms with E-state index < -0.39 is 23.3 Å². The van der Waals surface area contributed by atoms with Gasteiger partial charge >= 0.3 is 5.97 Å². The minimum absolute atomic E-state index is 0.388. The molecule has 1 aromatic carbocycles. The number of ether oxygens (including phenoxy) is 1. The average Bonchev–Trinajstić information content (AvgIpc) is 2.40. The third-order valence-electron chi connectivity index (χ3n) is 2.96. The second kappa shape index (κ2) is 7.11. The van der Waals surface area contributed by atoms with Gasteiger partial charge in [-0.05, 0) is 30.0 Å². The van der Waals surface area contributed by atoms with E-state index in [0.717, 1.165) is 6.42 Å². The molecule has 0 heterocycles. The Labute approximate surface area is 125 Å². The third kappa shape index (κ3) is 5.10. The molecule has 1 amide bonds. The number of benzene rings is 1. The van der Waals surface area contributed by atoms with E-state index in [9.17, 15) is 14.7 Å². The van der Waals surface area contributed by atoms with Gasteiger partial charge in [-0.3, -0.25) is 4.79 Å². The number of nitrogens with one attached hydrogen (secondary N) is 1. The topological polar surface area (TPSA) is 75.6 Å². The Morgan fingerprint density at radius 3 is 2.52 bits per heavy atom. The first-order chi connectivity index (χ1) is 9.75. The number of hydrogen-bond acceptors (Lipinski definition) is 3. The molecule has 2 N–H and O–H groups in total. The molecule has 0 bridgehead atoms. The molecule has 0 spiro atoms. The van der Waals surface area contributed by atoms with Crippen molar-refractivity contribution in [3.63, 3.8) is 0 Å². The molecular weight excluding hydrogens is 270 g/mol. The van der Waals surface area contributed by atoms with Gasteiger partial charge in [-0.2, -0.15) is 0 Å². The van der Waals surface area contributed by atoms with Gasteiger partial charge in [0.2, 0.25) is 0 Å². The first-order valence-corrected chi connectivity index (χ1v) is 7.02. The summed E-state index contributed by atoms with van der Waals surface area (Å²) in [4.78, 5) is 23.5. The number of aliphatic carboxylic acids is 1. The Bertz CT molecular complexity index is 505. The second-order valence-electron chi connectivity index (χ2n) is 5.99. The molecule has 0 fully saturated rings. The van der Waals surface area contributed by atoms with Gasteiger partial charge in [-0.15, -0.1) is 0 Å². The zero-order valence-corrected chi connectivity index (χ0v) is 13.0. The zero-order valence-electron chi connectivity index (χ0n) is 13.0. The van der Waals surface area contributed by atoms with Crippen LogP contribution >= 0.6 is 0 Å². The summed E-state index contributed by atoms with van der Waals surface area (Å²) in [6.45, 7) is 7.88. The number of rotatable bonds is 6. The predicted molar refractivity (Wildman–Crippen MR) is 80.6 cm³/mol. The third-order valence-corrected chi connectivity index (χ3v) is 2.96. The molecule has 0 aliphatic rings. The van der Waals surface area contributed by atoms with Gasteiger partial charge in [0.1, 0.15) is 11.8 Å². The normalized spacial score (nSPS) is 12.6. The van der Waals surface area contributed by atoms with Crippen LogP contribution in [-0.4, -0.2) is 29.6 Å². The molecule has 0 aliphatic carbocycles. The lowest BCUT2D eigenvalue weighted by atomic mass is 9.86. The standard InChI is InChI=1S/C16H23NO4/c1-5-9-21-12-8-6-7-11(10-12)14(18)17-13(15(19)20)16(2,3)4/h6-8,10,13H,5,9H2,1-4H3,(H,17,18)(H,19,20). The lowest BCUT2D eigenvalue weighted by Crippen LogP contribution is -2.49. The Morgan fingerprint density at radius 1 is 1.33 bits per heavy atom. The zero-order chi connectivity index (χ0) is 16.0. The Balaban J connectivity index is 2.85. The van der Waals surface area contributed by atoms with Crippen molar-refractivity contribution < 1.29 is 19.4 Å². The molecule has 0 aromatic heterocycles. The highest BCUT2D eigenvalue weighted by Gasteiger charge is 2.32. The van der Waals surface area contributed by atoms with Crippen molar-refractivity contribution in [2.24, 2.45) is 5.41 Å². The van der Waals surface area contributed by atoms with Crippen molar-refractivity contribution >= 4 is 11.9 Å². The molecule has 0 saturated heterocycles. The highest BCUT2D eigenvalue weighted by molar-refractivity contribution is 5.97. The Morgan fingerprint density at radius 2 is 2.00 bits per heavy atom. The van der Waals surface area contributed by atoms with E-state index in [1.54, 1.807) is 45.0 Å². The fourth-order valence-electron chi connectivity index (χ4n) is 1.81. The minimum Gasteiger partial charge on any atom is -0.494 e. The minimum atomic E-state index is -1.05. The first kappa shape index (κ1) is 17.0. The summed E-state index contributed by atoms with van der Waals surface area (Å²) in [5, 5.41) is 11.8. The molecule has 0 aliphatic heterocycles. The van der Waals surface area contributed by atoms with E-state index in [2.05, 4.69) is 5.32 Å². The maximum Gasteiger partial charge on any atom is 0.326 e. The van der Waals surface area contributed by atoms with Crippen molar-refractivity contribution in [2.75, 3.05) is 6.61 Å². The van der Waals surface area contributed by atoms with Crippen molar-refractivity contribution in [1.82, 2.24) is 5.32 Å². The van der Waals surface area contributed by atoms with Gasteiger partial charge in [-0.25, -0.2) is 4.79 Å². The van der Waals surface area contributed by atoms with Gasteiger partial charge in [0.15, 0.2) is 0 Å². The molecule has 1 unspecified atom stereocenters. The highest BCUT2D eigenvalue weighted by atomic mass is 16.5. The van der Waals surface area contributed by atoms with Crippen molar-refractivity contribution in [2.45, 2.75) is 40.2 Å². The summed E-state index contributed by atoms with van der Waals surface area (Å²) in [7, 11) is 0. The fraction of sp³-hybridized carbons (Fsp3) is 0.500. The summed E-state index contributed by atoms with van der Waals surface area (Å²) >= 11 is 0. The summed E-state index contributed by atoms with van der Waals surface area (Å²) in [6, 6.07) is 5.78. The molecular formula is C16H23NO4. The molecule has 1 atom stereocenters.